The summed E-state index contributed by atoms with van der Waals surface area (Å²) in [5.41, 5.74) is 1.13. The van der Waals surface area contributed by atoms with Crippen molar-refractivity contribution >= 4 is 11.6 Å². The van der Waals surface area contributed by atoms with Crippen LogP contribution in [0.3, 0.4) is 0 Å². The van der Waals surface area contributed by atoms with E-state index in [4.69, 9.17) is 9.47 Å². The van der Waals surface area contributed by atoms with Gasteiger partial charge in [-0.05, 0) is 43.5 Å². The summed E-state index contributed by atoms with van der Waals surface area (Å²) in [6, 6.07) is 5.64. The normalized spacial score (nSPS) is 17.6. The molecule has 0 aliphatic heterocycles. The van der Waals surface area contributed by atoms with Crippen molar-refractivity contribution in [1.82, 2.24) is 0 Å². The lowest BCUT2D eigenvalue weighted by Crippen LogP contribution is -2.46. The Kier molecular flexibility index (Phi) is 4.65. The van der Waals surface area contributed by atoms with Gasteiger partial charge in [0, 0.05) is 12.8 Å². The van der Waals surface area contributed by atoms with Gasteiger partial charge in [0.25, 0.3) is 5.91 Å². The van der Waals surface area contributed by atoms with Crippen molar-refractivity contribution in [3.8, 4) is 5.75 Å². The average molecular weight is 277 g/mol. The van der Waals surface area contributed by atoms with E-state index >= 15 is 0 Å². The standard InChI is InChI=1S/C16H23NO3/c1-12-11-13(7-8-14(12)19-2)17-15(18)16(20-3)9-5-4-6-10-16/h7-8,11H,4-6,9-10H2,1-3H3,(H,17,18). The van der Waals surface area contributed by atoms with E-state index in [0.717, 1.165) is 42.7 Å². The van der Waals surface area contributed by atoms with Gasteiger partial charge >= 0.3 is 0 Å². The van der Waals surface area contributed by atoms with Crippen LogP contribution in [0.4, 0.5) is 5.69 Å². The van der Waals surface area contributed by atoms with Gasteiger partial charge in [0.1, 0.15) is 11.4 Å². The molecule has 0 heterocycles. The number of carbonyl (C=O) groups is 1. The number of amides is 1. The topological polar surface area (TPSA) is 47.6 Å². The van der Waals surface area contributed by atoms with E-state index in [0.29, 0.717) is 0 Å². The molecule has 1 aromatic carbocycles. The van der Waals surface area contributed by atoms with Crippen LogP contribution in [0, 0.1) is 6.92 Å². The Hall–Kier alpha value is -1.55. The van der Waals surface area contributed by atoms with Crippen molar-refractivity contribution in [1.29, 1.82) is 0 Å². The maximum absolute atomic E-state index is 12.5. The van der Waals surface area contributed by atoms with Gasteiger partial charge in [-0.3, -0.25) is 4.79 Å². The summed E-state index contributed by atoms with van der Waals surface area (Å²) in [5, 5.41) is 2.98. The number of methoxy groups -OCH3 is 2. The number of carbonyl (C=O) groups excluding carboxylic acids is 1. The Labute approximate surface area is 120 Å². The van der Waals surface area contributed by atoms with Gasteiger partial charge in [-0.2, -0.15) is 0 Å². The van der Waals surface area contributed by atoms with Crippen molar-refractivity contribution in [3.63, 3.8) is 0 Å². The predicted molar refractivity (Wildman–Crippen MR) is 79.2 cm³/mol. The first-order chi connectivity index (χ1) is 9.61. The van der Waals surface area contributed by atoms with Crippen molar-refractivity contribution in [2.45, 2.75) is 44.6 Å². The van der Waals surface area contributed by atoms with E-state index in [9.17, 15) is 4.79 Å². The number of hydrogen-bond acceptors (Lipinski definition) is 3. The molecule has 0 spiro atoms. The molecule has 2 rings (SSSR count). The SMILES string of the molecule is COc1ccc(NC(=O)C2(OC)CCCCC2)cc1C. The Morgan fingerprint density at radius 3 is 2.45 bits per heavy atom. The summed E-state index contributed by atoms with van der Waals surface area (Å²) in [5.74, 6) is 0.784. The molecule has 0 aromatic heterocycles. The van der Waals surface area contributed by atoms with Gasteiger partial charge < -0.3 is 14.8 Å². The van der Waals surface area contributed by atoms with Crippen LogP contribution in [-0.4, -0.2) is 25.7 Å². The molecular weight excluding hydrogens is 254 g/mol. The van der Waals surface area contributed by atoms with Crippen molar-refractivity contribution in [2.75, 3.05) is 19.5 Å². The third-order valence-electron chi connectivity index (χ3n) is 4.12. The number of hydrogen-bond donors (Lipinski definition) is 1. The van der Waals surface area contributed by atoms with E-state index in [2.05, 4.69) is 5.32 Å². The second-order valence-electron chi connectivity index (χ2n) is 5.40. The van der Waals surface area contributed by atoms with E-state index < -0.39 is 5.60 Å². The van der Waals surface area contributed by atoms with E-state index in [-0.39, 0.29) is 5.91 Å². The highest BCUT2D eigenvalue weighted by Gasteiger charge is 2.39. The number of ether oxygens (including phenoxy) is 2. The summed E-state index contributed by atoms with van der Waals surface area (Å²) in [6.07, 6.45) is 4.86. The Balaban J connectivity index is 2.12. The van der Waals surface area contributed by atoms with E-state index in [1.54, 1.807) is 14.2 Å². The molecule has 0 unspecified atom stereocenters. The molecule has 1 aliphatic rings. The van der Waals surface area contributed by atoms with Crippen LogP contribution >= 0.6 is 0 Å². The fraction of sp³-hybridized carbons (Fsp3) is 0.562. The molecule has 1 aliphatic carbocycles. The van der Waals surface area contributed by atoms with E-state index in [1.165, 1.54) is 6.42 Å². The highest BCUT2D eigenvalue weighted by molar-refractivity contribution is 5.97. The van der Waals surface area contributed by atoms with Crippen molar-refractivity contribution in [3.05, 3.63) is 23.8 Å². The summed E-state index contributed by atoms with van der Waals surface area (Å²) < 4.78 is 10.8. The Morgan fingerprint density at radius 2 is 1.90 bits per heavy atom. The minimum atomic E-state index is -0.661. The van der Waals surface area contributed by atoms with Gasteiger partial charge in [-0.25, -0.2) is 0 Å². The first kappa shape index (κ1) is 14.9. The first-order valence-electron chi connectivity index (χ1n) is 7.12. The number of rotatable bonds is 4. The average Bonchev–Trinajstić information content (AvgIpc) is 2.48. The Morgan fingerprint density at radius 1 is 1.20 bits per heavy atom. The molecule has 0 radical (unpaired) electrons. The number of nitrogens with one attached hydrogen (secondary N) is 1. The fourth-order valence-electron chi connectivity index (χ4n) is 2.85. The van der Waals surface area contributed by atoms with Gasteiger partial charge in [0.2, 0.25) is 0 Å². The second-order valence-corrected chi connectivity index (χ2v) is 5.40. The summed E-state index contributed by atoms with van der Waals surface area (Å²) in [4.78, 5) is 12.5. The minimum absolute atomic E-state index is 0.0377. The molecule has 1 aromatic rings. The molecule has 1 amide bonds. The molecule has 4 nitrogen and oxygen atoms in total. The van der Waals surface area contributed by atoms with E-state index in [1.807, 2.05) is 25.1 Å². The lowest BCUT2D eigenvalue weighted by atomic mass is 9.84. The second kappa shape index (κ2) is 6.27. The van der Waals surface area contributed by atoms with Gasteiger partial charge in [0.15, 0.2) is 0 Å². The smallest absolute Gasteiger partial charge is 0.256 e. The van der Waals surface area contributed by atoms with Crippen molar-refractivity contribution in [2.24, 2.45) is 0 Å². The highest BCUT2D eigenvalue weighted by Crippen LogP contribution is 2.32. The molecule has 1 N–H and O–H groups in total. The lowest BCUT2D eigenvalue weighted by molar-refractivity contribution is -0.141. The van der Waals surface area contributed by atoms with Gasteiger partial charge in [0.05, 0.1) is 7.11 Å². The lowest BCUT2D eigenvalue weighted by Gasteiger charge is -2.34. The molecule has 0 bridgehead atoms. The molecular formula is C16H23NO3. The number of anilines is 1. The van der Waals surface area contributed by atoms with Crippen molar-refractivity contribution < 1.29 is 14.3 Å². The van der Waals surface area contributed by atoms with Crippen LogP contribution in [0.5, 0.6) is 5.75 Å². The summed E-state index contributed by atoms with van der Waals surface area (Å²) >= 11 is 0. The Bertz CT molecular complexity index is 479. The third kappa shape index (κ3) is 2.96. The quantitative estimate of drug-likeness (QED) is 0.918. The summed E-state index contributed by atoms with van der Waals surface area (Å²) in [6.45, 7) is 1.96. The molecule has 20 heavy (non-hydrogen) atoms. The predicted octanol–water partition coefficient (Wildman–Crippen LogP) is 3.29. The number of benzene rings is 1. The molecule has 4 heteroatoms. The minimum Gasteiger partial charge on any atom is -0.496 e. The van der Waals surface area contributed by atoms with Crippen LogP contribution in [0.1, 0.15) is 37.7 Å². The zero-order chi connectivity index (χ0) is 14.6. The third-order valence-corrected chi connectivity index (χ3v) is 4.12. The molecule has 0 atom stereocenters. The first-order valence-corrected chi connectivity index (χ1v) is 7.12. The van der Waals surface area contributed by atoms with Crippen LogP contribution in [0.15, 0.2) is 18.2 Å². The number of aryl methyl sites for hydroxylation is 1. The molecule has 0 saturated heterocycles. The van der Waals surface area contributed by atoms with Crippen LogP contribution < -0.4 is 10.1 Å². The summed E-state index contributed by atoms with van der Waals surface area (Å²) in [7, 11) is 3.27. The maximum atomic E-state index is 12.5. The maximum Gasteiger partial charge on any atom is 0.256 e. The fourth-order valence-corrected chi connectivity index (χ4v) is 2.85. The monoisotopic (exact) mass is 277 g/mol. The molecule has 1 saturated carbocycles. The zero-order valence-corrected chi connectivity index (χ0v) is 12.5. The van der Waals surface area contributed by atoms with Crippen LogP contribution in [0.25, 0.3) is 0 Å². The zero-order valence-electron chi connectivity index (χ0n) is 12.5. The van der Waals surface area contributed by atoms with Gasteiger partial charge in [-0.15, -0.1) is 0 Å². The molecule has 1 fully saturated rings. The van der Waals surface area contributed by atoms with Crippen LogP contribution in [-0.2, 0) is 9.53 Å². The molecule has 110 valence electrons. The highest BCUT2D eigenvalue weighted by atomic mass is 16.5. The van der Waals surface area contributed by atoms with Gasteiger partial charge in [-0.1, -0.05) is 19.3 Å². The largest absolute Gasteiger partial charge is 0.496 e. The van der Waals surface area contributed by atoms with Crippen LogP contribution in [0.2, 0.25) is 0 Å².